The van der Waals surface area contributed by atoms with Gasteiger partial charge in [0.1, 0.15) is 12.1 Å². The first-order chi connectivity index (χ1) is 8.69. The SMILES string of the molecule is O=C(O)CC1(Nc2ncnc3c2CCC3)CCC1. The Bertz CT molecular complexity index is 483. The van der Waals surface area contributed by atoms with E-state index in [-0.39, 0.29) is 12.0 Å². The van der Waals surface area contributed by atoms with Gasteiger partial charge in [0.15, 0.2) is 0 Å². The van der Waals surface area contributed by atoms with Gasteiger partial charge in [-0.3, -0.25) is 4.79 Å². The summed E-state index contributed by atoms with van der Waals surface area (Å²) < 4.78 is 0. The van der Waals surface area contributed by atoms with Gasteiger partial charge < -0.3 is 10.4 Å². The monoisotopic (exact) mass is 247 g/mol. The zero-order valence-corrected chi connectivity index (χ0v) is 10.3. The lowest BCUT2D eigenvalue weighted by Gasteiger charge is -2.42. The third kappa shape index (κ3) is 1.94. The predicted molar refractivity (Wildman–Crippen MR) is 66.5 cm³/mol. The molecule has 0 radical (unpaired) electrons. The molecule has 18 heavy (non-hydrogen) atoms. The van der Waals surface area contributed by atoms with Gasteiger partial charge in [0.05, 0.1) is 6.42 Å². The number of rotatable bonds is 4. The van der Waals surface area contributed by atoms with Crippen LogP contribution in [0.25, 0.3) is 0 Å². The summed E-state index contributed by atoms with van der Waals surface area (Å²) in [6, 6.07) is 0. The van der Waals surface area contributed by atoms with Crippen molar-refractivity contribution in [2.24, 2.45) is 0 Å². The topological polar surface area (TPSA) is 75.1 Å². The highest BCUT2D eigenvalue weighted by atomic mass is 16.4. The van der Waals surface area contributed by atoms with Crippen LogP contribution in [-0.2, 0) is 17.6 Å². The molecule has 0 bridgehead atoms. The summed E-state index contributed by atoms with van der Waals surface area (Å²) >= 11 is 0. The normalized spacial score (nSPS) is 20.0. The third-order valence-corrected chi connectivity index (χ3v) is 4.06. The van der Waals surface area contributed by atoms with Crippen LogP contribution < -0.4 is 5.32 Å². The molecule has 0 atom stereocenters. The molecule has 0 amide bonds. The molecule has 5 heteroatoms. The van der Waals surface area contributed by atoms with Crippen molar-refractivity contribution in [1.82, 2.24) is 9.97 Å². The number of aromatic nitrogens is 2. The second-order valence-corrected chi connectivity index (χ2v) is 5.33. The number of aryl methyl sites for hydroxylation is 1. The van der Waals surface area contributed by atoms with Crippen LogP contribution in [0.15, 0.2) is 6.33 Å². The lowest BCUT2D eigenvalue weighted by atomic mass is 9.74. The molecule has 1 aromatic rings. The average Bonchev–Trinajstić information content (AvgIpc) is 2.74. The Morgan fingerprint density at radius 1 is 1.33 bits per heavy atom. The molecule has 1 heterocycles. The number of carboxylic acids is 1. The van der Waals surface area contributed by atoms with Crippen LogP contribution in [-0.4, -0.2) is 26.6 Å². The van der Waals surface area contributed by atoms with E-state index in [1.165, 1.54) is 5.56 Å². The molecular formula is C13H17N3O2. The lowest BCUT2D eigenvalue weighted by Crippen LogP contribution is -2.47. The molecule has 0 aromatic carbocycles. The minimum absolute atomic E-state index is 0.172. The van der Waals surface area contributed by atoms with Gasteiger partial charge in [-0.1, -0.05) is 0 Å². The molecule has 0 spiro atoms. The summed E-state index contributed by atoms with van der Waals surface area (Å²) in [5.41, 5.74) is 2.03. The summed E-state index contributed by atoms with van der Waals surface area (Å²) in [5, 5.41) is 12.4. The molecule has 1 aromatic heterocycles. The Labute approximate surface area is 106 Å². The number of carboxylic acid groups (broad SMARTS) is 1. The fourth-order valence-corrected chi connectivity index (χ4v) is 2.96. The zero-order chi connectivity index (χ0) is 12.6. The van der Waals surface area contributed by atoms with Gasteiger partial charge in [0.2, 0.25) is 0 Å². The van der Waals surface area contributed by atoms with E-state index in [0.717, 1.165) is 50.0 Å². The van der Waals surface area contributed by atoms with Gasteiger partial charge in [-0.2, -0.15) is 0 Å². The first-order valence-corrected chi connectivity index (χ1v) is 6.51. The number of nitrogens with one attached hydrogen (secondary N) is 1. The van der Waals surface area contributed by atoms with Crippen molar-refractivity contribution in [3.8, 4) is 0 Å². The molecule has 3 rings (SSSR count). The number of hydrogen-bond donors (Lipinski definition) is 2. The Morgan fingerprint density at radius 3 is 2.83 bits per heavy atom. The largest absolute Gasteiger partial charge is 0.481 e. The summed E-state index contributed by atoms with van der Waals surface area (Å²) in [5.74, 6) is 0.117. The maximum atomic E-state index is 11.0. The summed E-state index contributed by atoms with van der Waals surface area (Å²) in [6.45, 7) is 0. The average molecular weight is 247 g/mol. The smallest absolute Gasteiger partial charge is 0.305 e. The molecule has 0 unspecified atom stereocenters. The maximum absolute atomic E-state index is 11.0. The van der Waals surface area contributed by atoms with Crippen molar-refractivity contribution in [1.29, 1.82) is 0 Å². The number of anilines is 1. The van der Waals surface area contributed by atoms with Crippen molar-refractivity contribution in [3.63, 3.8) is 0 Å². The van der Waals surface area contributed by atoms with E-state index < -0.39 is 5.97 Å². The highest BCUT2D eigenvalue weighted by molar-refractivity contribution is 5.70. The standard InChI is InChI=1S/C13H17N3O2/c17-11(18)7-13(5-2-6-13)16-12-9-3-1-4-10(9)14-8-15-12/h8H,1-7H2,(H,17,18)(H,14,15,16). The Morgan fingerprint density at radius 2 is 2.17 bits per heavy atom. The summed E-state index contributed by atoms with van der Waals surface area (Å²) in [7, 11) is 0. The molecule has 1 saturated carbocycles. The highest BCUT2D eigenvalue weighted by Gasteiger charge is 2.40. The molecular weight excluding hydrogens is 230 g/mol. The van der Waals surface area contributed by atoms with Gasteiger partial charge >= 0.3 is 5.97 Å². The minimum atomic E-state index is -0.743. The van der Waals surface area contributed by atoms with Crippen LogP contribution in [0.4, 0.5) is 5.82 Å². The second-order valence-electron chi connectivity index (χ2n) is 5.33. The van der Waals surface area contributed by atoms with Crippen LogP contribution in [0, 0.1) is 0 Å². The van der Waals surface area contributed by atoms with E-state index in [2.05, 4.69) is 15.3 Å². The quantitative estimate of drug-likeness (QED) is 0.848. The number of carbonyl (C=O) groups is 1. The van der Waals surface area contributed by atoms with Crippen molar-refractivity contribution >= 4 is 11.8 Å². The zero-order valence-electron chi connectivity index (χ0n) is 10.3. The van der Waals surface area contributed by atoms with E-state index in [4.69, 9.17) is 5.11 Å². The molecule has 2 aliphatic carbocycles. The van der Waals surface area contributed by atoms with Crippen molar-refractivity contribution in [2.45, 2.75) is 50.5 Å². The fraction of sp³-hybridized carbons (Fsp3) is 0.615. The van der Waals surface area contributed by atoms with E-state index >= 15 is 0 Å². The maximum Gasteiger partial charge on any atom is 0.305 e. The van der Waals surface area contributed by atoms with Gasteiger partial charge in [-0.05, 0) is 38.5 Å². The molecule has 96 valence electrons. The van der Waals surface area contributed by atoms with Crippen LogP contribution in [0.1, 0.15) is 43.4 Å². The lowest BCUT2D eigenvalue weighted by molar-refractivity contribution is -0.138. The molecule has 2 aliphatic rings. The van der Waals surface area contributed by atoms with Gasteiger partial charge in [0, 0.05) is 16.8 Å². The number of hydrogen-bond acceptors (Lipinski definition) is 4. The van der Waals surface area contributed by atoms with Crippen LogP contribution in [0.2, 0.25) is 0 Å². The van der Waals surface area contributed by atoms with Crippen molar-refractivity contribution < 1.29 is 9.90 Å². The van der Waals surface area contributed by atoms with Crippen LogP contribution >= 0.6 is 0 Å². The molecule has 0 saturated heterocycles. The number of aliphatic carboxylic acids is 1. The minimum Gasteiger partial charge on any atom is -0.481 e. The van der Waals surface area contributed by atoms with Gasteiger partial charge in [0.25, 0.3) is 0 Å². The molecule has 0 aliphatic heterocycles. The Hall–Kier alpha value is -1.65. The van der Waals surface area contributed by atoms with Gasteiger partial charge in [-0.15, -0.1) is 0 Å². The number of fused-ring (bicyclic) bond motifs is 1. The summed E-state index contributed by atoms with van der Waals surface area (Å²) in [4.78, 5) is 19.6. The first-order valence-electron chi connectivity index (χ1n) is 6.51. The Balaban J connectivity index is 1.84. The highest BCUT2D eigenvalue weighted by Crippen LogP contribution is 2.39. The van der Waals surface area contributed by atoms with E-state index in [1.54, 1.807) is 6.33 Å². The fourth-order valence-electron chi connectivity index (χ4n) is 2.96. The van der Waals surface area contributed by atoms with Crippen LogP contribution in [0.5, 0.6) is 0 Å². The predicted octanol–water partition coefficient (Wildman–Crippen LogP) is 1.77. The van der Waals surface area contributed by atoms with E-state index in [9.17, 15) is 4.79 Å². The van der Waals surface area contributed by atoms with Gasteiger partial charge in [-0.25, -0.2) is 9.97 Å². The second kappa shape index (κ2) is 4.23. The molecule has 5 nitrogen and oxygen atoms in total. The van der Waals surface area contributed by atoms with Crippen molar-refractivity contribution in [2.75, 3.05) is 5.32 Å². The van der Waals surface area contributed by atoms with Crippen molar-refractivity contribution in [3.05, 3.63) is 17.6 Å². The Kier molecular flexibility index (Phi) is 2.69. The van der Waals surface area contributed by atoms with E-state index in [0.29, 0.717) is 0 Å². The number of nitrogens with zero attached hydrogens (tertiary/aromatic N) is 2. The summed E-state index contributed by atoms with van der Waals surface area (Å²) in [6.07, 6.45) is 7.81. The van der Waals surface area contributed by atoms with E-state index in [1.807, 2.05) is 0 Å². The third-order valence-electron chi connectivity index (χ3n) is 4.06. The first kappa shape index (κ1) is 11.4. The molecule has 2 N–H and O–H groups in total. The molecule has 1 fully saturated rings. The van der Waals surface area contributed by atoms with Crippen LogP contribution in [0.3, 0.4) is 0 Å².